The first-order valence-electron chi connectivity index (χ1n) is 7.65. The average molecular weight is 379 g/mol. The summed E-state index contributed by atoms with van der Waals surface area (Å²) in [5.41, 5.74) is 3.64. The molecular formula is C17H18FN3O4S. The Morgan fingerprint density at radius 1 is 1.46 bits per heavy atom. The summed E-state index contributed by atoms with van der Waals surface area (Å²) < 4.78 is 14.1. The fraction of sp³-hybridized carbons (Fsp3) is 0.294. The summed E-state index contributed by atoms with van der Waals surface area (Å²) in [6, 6.07) is 6.61. The molecule has 1 amide bonds. The zero-order chi connectivity index (χ0) is 19.3. The number of aryl methyl sites for hydroxylation is 1. The van der Waals surface area contributed by atoms with Gasteiger partial charge in [0.25, 0.3) is 5.91 Å². The van der Waals surface area contributed by atoms with Gasteiger partial charge in [-0.15, -0.1) is 11.3 Å². The van der Waals surface area contributed by atoms with E-state index in [9.17, 15) is 19.6 Å². The molecule has 2 aromatic rings. The number of aliphatic hydroxyl groups excluding tert-OH is 2. The Bertz CT molecular complexity index is 847. The SMILES string of the molecule is Cc1ccc(Nc2sc(C#N)c(C)c2C(=O)NOC[C@@H](O)CO)c(F)c1. The molecule has 0 saturated carbocycles. The molecule has 1 aromatic carbocycles. The molecule has 26 heavy (non-hydrogen) atoms. The van der Waals surface area contributed by atoms with Crippen LogP contribution in [0.5, 0.6) is 0 Å². The van der Waals surface area contributed by atoms with Crippen LogP contribution in [0.2, 0.25) is 0 Å². The Labute approximate surface area is 153 Å². The van der Waals surface area contributed by atoms with Gasteiger partial charge >= 0.3 is 0 Å². The van der Waals surface area contributed by atoms with E-state index in [1.54, 1.807) is 26.0 Å². The van der Waals surface area contributed by atoms with Gasteiger partial charge in [0.2, 0.25) is 0 Å². The fourth-order valence-electron chi connectivity index (χ4n) is 2.13. The normalized spacial score (nSPS) is 11.7. The molecule has 4 N–H and O–H groups in total. The maximum Gasteiger partial charge on any atom is 0.278 e. The highest BCUT2D eigenvalue weighted by atomic mass is 32.1. The number of hydroxylamine groups is 1. The summed E-state index contributed by atoms with van der Waals surface area (Å²) >= 11 is 1.02. The number of nitriles is 1. The Morgan fingerprint density at radius 2 is 2.19 bits per heavy atom. The van der Waals surface area contributed by atoms with Gasteiger partial charge in [0.05, 0.1) is 17.9 Å². The molecule has 0 bridgehead atoms. The number of aliphatic hydroxyl groups is 2. The van der Waals surface area contributed by atoms with Gasteiger partial charge in [-0.2, -0.15) is 5.26 Å². The predicted molar refractivity (Wildman–Crippen MR) is 94.7 cm³/mol. The van der Waals surface area contributed by atoms with Gasteiger partial charge in [-0.3, -0.25) is 9.63 Å². The number of benzene rings is 1. The van der Waals surface area contributed by atoms with Crippen LogP contribution >= 0.6 is 11.3 Å². The minimum atomic E-state index is -1.13. The van der Waals surface area contributed by atoms with E-state index in [4.69, 9.17) is 9.94 Å². The number of nitrogens with one attached hydrogen (secondary N) is 2. The zero-order valence-corrected chi connectivity index (χ0v) is 15.0. The van der Waals surface area contributed by atoms with Crippen molar-refractivity contribution in [1.82, 2.24) is 5.48 Å². The van der Waals surface area contributed by atoms with E-state index in [-0.39, 0.29) is 17.9 Å². The van der Waals surface area contributed by atoms with E-state index in [1.165, 1.54) is 6.07 Å². The van der Waals surface area contributed by atoms with Crippen LogP contribution in [-0.2, 0) is 4.84 Å². The number of halogens is 1. The van der Waals surface area contributed by atoms with Crippen molar-refractivity contribution in [3.8, 4) is 6.07 Å². The van der Waals surface area contributed by atoms with Crippen molar-refractivity contribution < 1.29 is 24.2 Å². The van der Waals surface area contributed by atoms with Crippen LogP contribution in [0.3, 0.4) is 0 Å². The molecule has 0 unspecified atom stereocenters. The molecule has 0 fully saturated rings. The van der Waals surface area contributed by atoms with Crippen LogP contribution in [-0.4, -0.2) is 35.4 Å². The molecule has 1 atom stereocenters. The molecule has 9 heteroatoms. The van der Waals surface area contributed by atoms with Crippen LogP contribution in [0.1, 0.15) is 26.4 Å². The lowest BCUT2D eigenvalue weighted by atomic mass is 10.1. The summed E-state index contributed by atoms with van der Waals surface area (Å²) in [5, 5.41) is 30.3. The molecule has 7 nitrogen and oxygen atoms in total. The highest BCUT2D eigenvalue weighted by molar-refractivity contribution is 7.17. The van der Waals surface area contributed by atoms with Gasteiger partial charge in [-0.25, -0.2) is 9.87 Å². The lowest BCUT2D eigenvalue weighted by Gasteiger charge is -2.11. The minimum absolute atomic E-state index is 0.144. The summed E-state index contributed by atoms with van der Waals surface area (Å²) in [6.07, 6.45) is -1.13. The van der Waals surface area contributed by atoms with E-state index in [1.807, 2.05) is 6.07 Å². The number of carbonyl (C=O) groups excluding carboxylic acids is 1. The lowest BCUT2D eigenvalue weighted by Crippen LogP contribution is -2.30. The van der Waals surface area contributed by atoms with E-state index < -0.39 is 24.4 Å². The number of amides is 1. The van der Waals surface area contributed by atoms with E-state index in [2.05, 4.69) is 10.8 Å². The Kier molecular flexibility index (Phi) is 6.65. The van der Waals surface area contributed by atoms with E-state index in [0.29, 0.717) is 15.4 Å². The Balaban J connectivity index is 2.26. The van der Waals surface area contributed by atoms with Gasteiger partial charge in [-0.05, 0) is 37.1 Å². The van der Waals surface area contributed by atoms with Gasteiger partial charge in [0, 0.05) is 0 Å². The summed E-state index contributed by atoms with van der Waals surface area (Å²) in [6.45, 7) is 2.55. The number of hydrogen-bond acceptors (Lipinski definition) is 7. The smallest absolute Gasteiger partial charge is 0.278 e. The van der Waals surface area contributed by atoms with E-state index >= 15 is 0 Å². The maximum absolute atomic E-state index is 14.1. The Hall–Kier alpha value is -2.51. The van der Waals surface area contributed by atoms with Gasteiger partial charge < -0.3 is 15.5 Å². The molecular weight excluding hydrogens is 361 g/mol. The van der Waals surface area contributed by atoms with Crippen molar-refractivity contribution in [3.05, 3.63) is 45.6 Å². The number of nitrogens with zero attached hydrogens (tertiary/aromatic N) is 1. The lowest BCUT2D eigenvalue weighted by molar-refractivity contribution is -0.0295. The first-order valence-corrected chi connectivity index (χ1v) is 8.46. The molecule has 0 aliphatic heterocycles. The Morgan fingerprint density at radius 3 is 2.81 bits per heavy atom. The van der Waals surface area contributed by atoms with Gasteiger partial charge in [-0.1, -0.05) is 6.07 Å². The first kappa shape index (κ1) is 19.8. The molecule has 1 heterocycles. The van der Waals surface area contributed by atoms with Crippen LogP contribution < -0.4 is 10.8 Å². The monoisotopic (exact) mass is 379 g/mol. The number of thiophene rings is 1. The molecule has 0 spiro atoms. The molecule has 2 rings (SSSR count). The highest BCUT2D eigenvalue weighted by Crippen LogP contribution is 2.35. The fourth-order valence-corrected chi connectivity index (χ4v) is 3.15. The molecule has 0 aliphatic carbocycles. The summed E-state index contributed by atoms with van der Waals surface area (Å²) in [5.74, 6) is -1.14. The van der Waals surface area contributed by atoms with Crippen LogP contribution in [0.15, 0.2) is 18.2 Å². The van der Waals surface area contributed by atoms with Crippen LogP contribution in [0.4, 0.5) is 15.1 Å². The predicted octanol–water partition coefficient (Wildman–Crippen LogP) is 2.13. The van der Waals surface area contributed by atoms with Crippen molar-refractivity contribution in [2.75, 3.05) is 18.5 Å². The van der Waals surface area contributed by atoms with Gasteiger partial charge in [0.15, 0.2) is 0 Å². The minimum Gasteiger partial charge on any atom is -0.394 e. The third kappa shape index (κ3) is 4.56. The van der Waals surface area contributed by atoms with Crippen LogP contribution in [0.25, 0.3) is 0 Å². The second kappa shape index (κ2) is 8.73. The summed E-state index contributed by atoms with van der Waals surface area (Å²) in [7, 11) is 0. The molecule has 0 saturated heterocycles. The number of rotatable bonds is 7. The molecule has 0 radical (unpaired) electrons. The van der Waals surface area contributed by atoms with Gasteiger partial charge in [0.1, 0.15) is 34.5 Å². The van der Waals surface area contributed by atoms with E-state index in [0.717, 1.165) is 16.9 Å². The summed E-state index contributed by atoms with van der Waals surface area (Å²) in [4.78, 5) is 17.6. The molecule has 138 valence electrons. The number of carbonyl (C=O) groups is 1. The third-order valence-electron chi connectivity index (χ3n) is 3.50. The third-order valence-corrected chi connectivity index (χ3v) is 4.61. The van der Waals surface area contributed by atoms with Crippen molar-refractivity contribution in [1.29, 1.82) is 5.26 Å². The first-order chi connectivity index (χ1) is 12.4. The highest BCUT2D eigenvalue weighted by Gasteiger charge is 2.22. The van der Waals surface area contributed by atoms with Crippen molar-refractivity contribution in [2.24, 2.45) is 0 Å². The second-order valence-electron chi connectivity index (χ2n) is 5.56. The average Bonchev–Trinajstić information content (AvgIpc) is 2.92. The standard InChI is InChI=1S/C17H18FN3O4S/c1-9-3-4-13(12(18)5-9)20-17-15(10(2)14(6-19)26-17)16(24)21-25-8-11(23)7-22/h3-5,11,20,22-23H,7-8H2,1-2H3,(H,21,24)/t11-/m0/s1. The van der Waals surface area contributed by atoms with Crippen molar-refractivity contribution in [2.45, 2.75) is 20.0 Å². The number of hydrogen-bond donors (Lipinski definition) is 4. The zero-order valence-electron chi connectivity index (χ0n) is 14.2. The quantitative estimate of drug-likeness (QED) is 0.548. The molecule has 0 aliphatic rings. The van der Waals surface area contributed by atoms with Crippen molar-refractivity contribution in [3.63, 3.8) is 0 Å². The number of anilines is 2. The maximum atomic E-state index is 14.1. The van der Waals surface area contributed by atoms with Crippen LogP contribution in [0, 0.1) is 31.0 Å². The molecule has 1 aromatic heterocycles. The largest absolute Gasteiger partial charge is 0.394 e. The van der Waals surface area contributed by atoms with Crippen molar-refractivity contribution >= 4 is 27.9 Å². The second-order valence-corrected chi connectivity index (χ2v) is 6.58. The topological polar surface area (TPSA) is 115 Å².